The molecule has 1 aliphatic rings. The molecule has 0 bridgehead atoms. The molecule has 3 nitrogen and oxygen atoms in total. The Hall–Kier alpha value is -2.30. The number of thiophene rings is 1. The molecule has 0 fully saturated rings. The number of carbonyl (C=O) groups is 1. The van der Waals surface area contributed by atoms with Crippen LogP contribution in [0.3, 0.4) is 0 Å². The summed E-state index contributed by atoms with van der Waals surface area (Å²) in [5, 5.41) is 5.86. The maximum absolute atomic E-state index is 12.3. The number of hydrogen-bond acceptors (Lipinski definition) is 3. The van der Waals surface area contributed by atoms with Gasteiger partial charge >= 0.3 is 0 Å². The van der Waals surface area contributed by atoms with E-state index in [4.69, 9.17) is 16.3 Å². The van der Waals surface area contributed by atoms with E-state index in [2.05, 4.69) is 16.8 Å². The number of fused-ring (bicyclic) bond motifs is 1. The van der Waals surface area contributed by atoms with Gasteiger partial charge in [0, 0.05) is 33.2 Å². The summed E-state index contributed by atoms with van der Waals surface area (Å²) in [6, 6.07) is 15.6. The minimum atomic E-state index is 0.0360. The van der Waals surface area contributed by atoms with Gasteiger partial charge in [0.05, 0.1) is 12.8 Å². The average Bonchev–Trinajstić information content (AvgIpc) is 3.05. The lowest BCUT2D eigenvalue weighted by molar-refractivity contribution is -0.116. The van der Waals surface area contributed by atoms with Gasteiger partial charge in [0.2, 0.25) is 5.91 Å². The Balaban J connectivity index is 1.79. The second-order valence-electron chi connectivity index (χ2n) is 5.98. The zero-order valence-electron chi connectivity index (χ0n) is 13.6. The summed E-state index contributed by atoms with van der Waals surface area (Å²) in [4.78, 5) is 13.5. The predicted octanol–water partition coefficient (Wildman–Crippen LogP) is 5.55. The van der Waals surface area contributed by atoms with Crippen LogP contribution >= 0.6 is 22.9 Å². The van der Waals surface area contributed by atoms with Crippen LogP contribution in [-0.4, -0.2) is 13.0 Å². The van der Waals surface area contributed by atoms with Crippen LogP contribution < -0.4 is 10.1 Å². The van der Waals surface area contributed by atoms with Crippen molar-refractivity contribution in [2.75, 3.05) is 12.4 Å². The SMILES string of the molecule is COc1cccc([C@H]2CC(=O)Nc3c(-c4ccc(Cl)cc4)csc32)c1. The molecular weight excluding hydrogens is 354 g/mol. The van der Waals surface area contributed by atoms with Gasteiger partial charge in [-0.1, -0.05) is 35.9 Å². The van der Waals surface area contributed by atoms with Crippen LogP contribution in [0.1, 0.15) is 22.8 Å². The number of hydrogen-bond donors (Lipinski definition) is 1. The molecule has 1 aromatic heterocycles. The van der Waals surface area contributed by atoms with E-state index in [1.54, 1.807) is 18.4 Å². The van der Waals surface area contributed by atoms with Gasteiger partial charge in [0.15, 0.2) is 0 Å². The third-order valence-corrected chi connectivity index (χ3v) is 5.79. The maximum Gasteiger partial charge on any atom is 0.225 e. The Bertz CT molecular complexity index is 933. The first-order chi connectivity index (χ1) is 12.2. The smallest absolute Gasteiger partial charge is 0.225 e. The van der Waals surface area contributed by atoms with E-state index in [1.807, 2.05) is 42.5 Å². The molecule has 1 N–H and O–H groups in total. The number of benzene rings is 2. The van der Waals surface area contributed by atoms with Gasteiger partial charge in [-0.25, -0.2) is 0 Å². The van der Waals surface area contributed by atoms with Gasteiger partial charge in [-0.05, 0) is 35.4 Å². The number of methoxy groups -OCH3 is 1. The van der Waals surface area contributed by atoms with E-state index >= 15 is 0 Å². The molecule has 1 amide bonds. The van der Waals surface area contributed by atoms with Gasteiger partial charge < -0.3 is 10.1 Å². The van der Waals surface area contributed by atoms with Crippen LogP contribution in [0, 0.1) is 0 Å². The Labute approximate surface area is 155 Å². The lowest BCUT2D eigenvalue weighted by Gasteiger charge is -2.24. The fourth-order valence-electron chi connectivity index (χ4n) is 3.20. The van der Waals surface area contributed by atoms with E-state index in [0.29, 0.717) is 11.4 Å². The summed E-state index contributed by atoms with van der Waals surface area (Å²) in [7, 11) is 1.65. The third-order valence-electron chi connectivity index (χ3n) is 4.44. The van der Waals surface area contributed by atoms with Gasteiger partial charge in [-0.15, -0.1) is 11.3 Å². The molecule has 5 heteroatoms. The highest BCUT2D eigenvalue weighted by atomic mass is 35.5. The summed E-state index contributed by atoms with van der Waals surface area (Å²) in [6.07, 6.45) is 0.445. The first-order valence-electron chi connectivity index (χ1n) is 7.97. The lowest BCUT2D eigenvalue weighted by Crippen LogP contribution is -2.22. The molecule has 3 aromatic rings. The van der Waals surface area contributed by atoms with Crippen molar-refractivity contribution in [2.45, 2.75) is 12.3 Å². The molecule has 126 valence electrons. The monoisotopic (exact) mass is 369 g/mol. The summed E-state index contributed by atoms with van der Waals surface area (Å²) >= 11 is 7.67. The zero-order valence-corrected chi connectivity index (χ0v) is 15.2. The van der Waals surface area contributed by atoms with E-state index in [0.717, 1.165) is 28.1 Å². The van der Waals surface area contributed by atoms with Crippen LogP contribution in [0.25, 0.3) is 11.1 Å². The standard InChI is InChI=1S/C20H16ClNO2S/c1-24-15-4-2-3-13(9-15)16-10-18(23)22-19-17(11-25-20(16)19)12-5-7-14(21)8-6-12/h2-9,11,16H,10H2,1H3,(H,22,23)/t16-/m1/s1. The molecule has 0 saturated heterocycles. The Morgan fingerprint density at radius 3 is 2.76 bits per heavy atom. The van der Waals surface area contributed by atoms with E-state index in [9.17, 15) is 4.79 Å². The first kappa shape index (κ1) is 16.2. The molecule has 1 aliphatic heterocycles. The van der Waals surface area contributed by atoms with Crippen molar-refractivity contribution >= 4 is 34.5 Å². The van der Waals surface area contributed by atoms with Crippen molar-refractivity contribution in [1.29, 1.82) is 0 Å². The fraction of sp³-hybridized carbons (Fsp3) is 0.150. The molecule has 1 atom stereocenters. The number of carbonyl (C=O) groups excluding carboxylic acids is 1. The lowest BCUT2D eigenvalue weighted by atomic mass is 9.89. The van der Waals surface area contributed by atoms with Crippen molar-refractivity contribution in [3.63, 3.8) is 0 Å². The highest BCUT2D eigenvalue weighted by Gasteiger charge is 2.30. The molecule has 25 heavy (non-hydrogen) atoms. The molecule has 4 rings (SSSR count). The van der Waals surface area contributed by atoms with Gasteiger partial charge in [0.25, 0.3) is 0 Å². The number of amides is 1. The van der Waals surface area contributed by atoms with Crippen molar-refractivity contribution in [2.24, 2.45) is 0 Å². The normalized spacial score (nSPS) is 16.2. The molecular formula is C20H16ClNO2S. The summed E-state index contributed by atoms with van der Waals surface area (Å²) in [6.45, 7) is 0. The van der Waals surface area contributed by atoms with Crippen LogP contribution in [-0.2, 0) is 4.79 Å². The number of nitrogens with one attached hydrogen (secondary N) is 1. The van der Waals surface area contributed by atoms with Crippen LogP contribution in [0.15, 0.2) is 53.9 Å². The van der Waals surface area contributed by atoms with Crippen LogP contribution in [0.5, 0.6) is 5.75 Å². The first-order valence-corrected chi connectivity index (χ1v) is 9.22. The van der Waals surface area contributed by atoms with Gasteiger partial charge in [-0.3, -0.25) is 4.79 Å². The molecule has 0 radical (unpaired) electrons. The highest BCUT2D eigenvalue weighted by Crippen LogP contribution is 2.46. The number of anilines is 1. The van der Waals surface area contributed by atoms with Crippen LogP contribution in [0.4, 0.5) is 5.69 Å². The third kappa shape index (κ3) is 3.03. The van der Waals surface area contributed by atoms with E-state index in [1.165, 1.54) is 4.88 Å². The second-order valence-corrected chi connectivity index (χ2v) is 7.32. The largest absolute Gasteiger partial charge is 0.497 e. The van der Waals surface area contributed by atoms with Crippen molar-refractivity contribution < 1.29 is 9.53 Å². The van der Waals surface area contributed by atoms with Crippen molar-refractivity contribution in [3.8, 4) is 16.9 Å². The minimum absolute atomic E-state index is 0.0360. The molecule has 0 saturated carbocycles. The molecule has 2 heterocycles. The quantitative estimate of drug-likeness (QED) is 0.657. The molecule has 0 spiro atoms. The fourth-order valence-corrected chi connectivity index (χ4v) is 4.48. The summed E-state index contributed by atoms with van der Waals surface area (Å²) < 4.78 is 5.34. The van der Waals surface area contributed by atoms with E-state index < -0.39 is 0 Å². The summed E-state index contributed by atoms with van der Waals surface area (Å²) in [5.74, 6) is 0.887. The Morgan fingerprint density at radius 2 is 2.00 bits per heavy atom. The molecule has 0 aliphatic carbocycles. The van der Waals surface area contributed by atoms with Crippen molar-refractivity contribution in [3.05, 3.63) is 69.4 Å². The number of halogens is 1. The topological polar surface area (TPSA) is 38.3 Å². The Kier molecular flexibility index (Phi) is 4.24. The second kappa shape index (κ2) is 6.54. The summed E-state index contributed by atoms with van der Waals surface area (Å²) in [5.41, 5.74) is 4.10. The minimum Gasteiger partial charge on any atom is -0.497 e. The van der Waals surface area contributed by atoms with Crippen molar-refractivity contribution in [1.82, 2.24) is 0 Å². The molecule has 0 unspecified atom stereocenters. The maximum atomic E-state index is 12.3. The Morgan fingerprint density at radius 1 is 1.20 bits per heavy atom. The molecule has 2 aromatic carbocycles. The zero-order chi connectivity index (χ0) is 17.4. The number of ether oxygens (including phenoxy) is 1. The highest BCUT2D eigenvalue weighted by molar-refractivity contribution is 7.11. The predicted molar refractivity (Wildman–Crippen MR) is 103 cm³/mol. The van der Waals surface area contributed by atoms with Gasteiger partial charge in [0.1, 0.15) is 5.75 Å². The average molecular weight is 370 g/mol. The van der Waals surface area contributed by atoms with Crippen LogP contribution in [0.2, 0.25) is 5.02 Å². The van der Waals surface area contributed by atoms with E-state index in [-0.39, 0.29) is 11.8 Å². The van der Waals surface area contributed by atoms with Gasteiger partial charge in [-0.2, -0.15) is 0 Å². The number of rotatable bonds is 3.